The van der Waals surface area contributed by atoms with Crippen molar-refractivity contribution in [1.82, 2.24) is 24.1 Å². The number of rotatable bonds is 5. The Labute approximate surface area is 179 Å². The van der Waals surface area contributed by atoms with Crippen LogP contribution in [0.15, 0.2) is 33.9 Å². The topological polar surface area (TPSA) is 72.5 Å². The fourth-order valence-electron chi connectivity index (χ4n) is 5.28. The zero-order valence-electron chi connectivity index (χ0n) is 17.5. The maximum absolute atomic E-state index is 12.6. The largest absolute Gasteiger partial charge is 0.309 e. The van der Waals surface area contributed by atoms with E-state index in [0.29, 0.717) is 23.3 Å². The van der Waals surface area contributed by atoms with Gasteiger partial charge in [-0.2, -0.15) is 9.61 Å². The fourth-order valence-corrected chi connectivity index (χ4v) is 6.14. The summed E-state index contributed by atoms with van der Waals surface area (Å²) in [4.78, 5) is 33.0. The van der Waals surface area contributed by atoms with Crippen molar-refractivity contribution in [3.05, 3.63) is 61.4 Å². The Morgan fingerprint density at radius 2 is 2.03 bits per heavy atom. The Morgan fingerprint density at radius 3 is 2.83 bits per heavy atom. The van der Waals surface area contributed by atoms with Crippen molar-refractivity contribution < 1.29 is 0 Å². The molecule has 3 aromatic heterocycles. The highest BCUT2D eigenvalue weighted by molar-refractivity contribution is 7.16. The molecule has 2 aliphatic heterocycles. The molecule has 1 fully saturated rings. The summed E-state index contributed by atoms with van der Waals surface area (Å²) in [5, 5.41) is 5.27. The third-order valence-electron chi connectivity index (χ3n) is 6.49. The summed E-state index contributed by atoms with van der Waals surface area (Å²) in [5.74, 6) is 0.807. The summed E-state index contributed by atoms with van der Waals surface area (Å²) in [5.41, 5.74) is 2.00. The predicted octanol–water partition coefficient (Wildman–Crippen LogP) is 2.84. The second-order valence-electron chi connectivity index (χ2n) is 8.53. The third kappa shape index (κ3) is 3.32. The molecule has 1 saturated heterocycles. The first-order valence-corrected chi connectivity index (χ1v) is 11.7. The molecule has 0 N–H and O–H groups in total. The Morgan fingerprint density at radius 1 is 1.17 bits per heavy atom. The Hall–Kier alpha value is -2.32. The van der Waals surface area contributed by atoms with E-state index in [0.717, 1.165) is 49.5 Å². The van der Waals surface area contributed by atoms with Crippen LogP contribution < -0.4 is 11.1 Å². The van der Waals surface area contributed by atoms with Gasteiger partial charge in [0.1, 0.15) is 5.01 Å². The lowest BCUT2D eigenvalue weighted by Gasteiger charge is -2.47. The van der Waals surface area contributed by atoms with Crippen LogP contribution in [-0.2, 0) is 13.0 Å². The standard InChI is InChI=1S/C22H27N5O2S/c1-3-6-17-14-9-15(18-7-5-8-20(28)26(17)18)12-25(11-14)13-16-10-21(29)27-22(23-16)30-19(4-2)24-27/h5,7-8,10,14-15,17H,3-4,6,9,11-13H2,1-2H3/t14-,15+,17-/m0/s1. The highest BCUT2D eigenvalue weighted by atomic mass is 32.1. The molecule has 0 aromatic carbocycles. The third-order valence-corrected chi connectivity index (χ3v) is 7.54. The fraction of sp³-hybridized carbons (Fsp3) is 0.545. The molecule has 0 aliphatic carbocycles. The first-order valence-electron chi connectivity index (χ1n) is 10.9. The van der Waals surface area contributed by atoms with Gasteiger partial charge in [0.2, 0.25) is 4.96 Å². The van der Waals surface area contributed by atoms with Crippen molar-refractivity contribution in [2.24, 2.45) is 5.92 Å². The Bertz CT molecular complexity index is 1200. The molecule has 158 valence electrons. The molecule has 2 bridgehead atoms. The molecule has 3 atom stereocenters. The van der Waals surface area contributed by atoms with E-state index in [4.69, 9.17) is 4.98 Å². The minimum atomic E-state index is -0.107. The Kier molecular flexibility index (Phi) is 5.06. The van der Waals surface area contributed by atoms with E-state index in [1.807, 2.05) is 13.0 Å². The van der Waals surface area contributed by atoms with Crippen molar-refractivity contribution in [3.63, 3.8) is 0 Å². The van der Waals surface area contributed by atoms with E-state index >= 15 is 0 Å². The smallest absolute Gasteiger partial charge is 0.275 e. The summed E-state index contributed by atoms with van der Waals surface area (Å²) in [6.07, 6.45) is 4.02. The van der Waals surface area contributed by atoms with E-state index in [1.54, 1.807) is 12.1 Å². The molecule has 30 heavy (non-hydrogen) atoms. The normalized spacial score (nSPS) is 23.6. The van der Waals surface area contributed by atoms with Gasteiger partial charge in [0, 0.05) is 49.4 Å². The number of hydrogen-bond donors (Lipinski definition) is 0. The molecule has 0 amide bonds. The van der Waals surface area contributed by atoms with Crippen molar-refractivity contribution in [1.29, 1.82) is 0 Å². The van der Waals surface area contributed by atoms with Crippen molar-refractivity contribution in [2.45, 2.75) is 58.0 Å². The maximum Gasteiger partial charge on any atom is 0.275 e. The number of piperidine rings is 1. The van der Waals surface area contributed by atoms with Crippen LogP contribution >= 0.6 is 11.3 Å². The van der Waals surface area contributed by atoms with Crippen LogP contribution in [0, 0.1) is 5.92 Å². The average Bonchev–Trinajstić information content (AvgIpc) is 3.15. The quantitative estimate of drug-likeness (QED) is 0.629. The zero-order valence-corrected chi connectivity index (χ0v) is 18.3. The highest BCUT2D eigenvalue weighted by Gasteiger charge is 2.40. The van der Waals surface area contributed by atoms with E-state index < -0.39 is 0 Å². The molecule has 0 spiro atoms. The average molecular weight is 426 g/mol. The molecule has 8 heteroatoms. The van der Waals surface area contributed by atoms with Gasteiger partial charge < -0.3 is 4.57 Å². The second kappa shape index (κ2) is 7.74. The molecular formula is C22H27N5O2S. The predicted molar refractivity (Wildman–Crippen MR) is 117 cm³/mol. The SMILES string of the molecule is CCC[C@H]1[C@H]2C[C@H](CN(Cc3cc(=O)n4nc(CC)sc4n3)C2)c2cccc(=O)n21. The van der Waals surface area contributed by atoms with E-state index in [2.05, 4.69) is 27.6 Å². The van der Waals surface area contributed by atoms with Crippen LogP contribution in [0.1, 0.15) is 61.5 Å². The molecular weight excluding hydrogens is 398 g/mol. The van der Waals surface area contributed by atoms with Crippen LogP contribution in [0.25, 0.3) is 4.96 Å². The van der Waals surface area contributed by atoms with Crippen LogP contribution in [0.4, 0.5) is 0 Å². The first kappa shape index (κ1) is 19.6. The van der Waals surface area contributed by atoms with Crippen LogP contribution in [0.3, 0.4) is 0 Å². The molecule has 0 saturated carbocycles. The molecule has 0 radical (unpaired) electrons. The summed E-state index contributed by atoms with van der Waals surface area (Å²) < 4.78 is 3.48. The molecule has 0 unspecified atom stereocenters. The summed E-state index contributed by atoms with van der Waals surface area (Å²) >= 11 is 1.49. The monoisotopic (exact) mass is 425 g/mol. The molecule has 3 aromatic rings. The molecule has 2 aliphatic rings. The van der Waals surface area contributed by atoms with Gasteiger partial charge in [-0.3, -0.25) is 14.5 Å². The number of aromatic nitrogens is 4. The zero-order chi connectivity index (χ0) is 20.8. The maximum atomic E-state index is 12.6. The molecule has 5 heterocycles. The number of fused-ring (bicyclic) bond motifs is 5. The second-order valence-corrected chi connectivity index (χ2v) is 9.57. The highest BCUT2D eigenvalue weighted by Crippen LogP contribution is 2.42. The van der Waals surface area contributed by atoms with Crippen LogP contribution in [0.5, 0.6) is 0 Å². The van der Waals surface area contributed by atoms with Gasteiger partial charge in [-0.25, -0.2) is 4.98 Å². The van der Waals surface area contributed by atoms with Gasteiger partial charge >= 0.3 is 0 Å². The number of pyridine rings is 1. The summed E-state index contributed by atoms with van der Waals surface area (Å²) in [6.45, 7) is 6.71. The minimum absolute atomic E-state index is 0.107. The number of likely N-dealkylation sites (tertiary alicyclic amines) is 1. The van der Waals surface area contributed by atoms with Crippen molar-refractivity contribution >= 4 is 16.3 Å². The first-order chi connectivity index (χ1) is 14.6. The van der Waals surface area contributed by atoms with Gasteiger partial charge in [-0.05, 0) is 31.2 Å². The minimum Gasteiger partial charge on any atom is -0.309 e. The lowest BCUT2D eigenvalue weighted by Crippen LogP contribution is -2.49. The van der Waals surface area contributed by atoms with E-state index in [9.17, 15) is 9.59 Å². The van der Waals surface area contributed by atoms with Crippen LogP contribution in [0.2, 0.25) is 0 Å². The van der Waals surface area contributed by atoms with Gasteiger partial charge in [-0.15, -0.1) is 0 Å². The Balaban J connectivity index is 1.45. The van der Waals surface area contributed by atoms with E-state index in [-0.39, 0.29) is 17.2 Å². The molecule has 5 rings (SSSR count). The number of hydrogen-bond acceptors (Lipinski definition) is 6. The van der Waals surface area contributed by atoms with Crippen LogP contribution in [-0.4, -0.2) is 37.2 Å². The van der Waals surface area contributed by atoms with Crippen molar-refractivity contribution in [2.75, 3.05) is 13.1 Å². The van der Waals surface area contributed by atoms with Gasteiger partial charge in [-0.1, -0.05) is 37.7 Å². The summed E-state index contributed by atoms with van der Waals surface area (Å²) in [7, 11) is 0. The lowest BCUT2D eigenvalue weighted by molar-refractivity contribution is 0.0809. The number of nitrogens with zero attached hydrogens (tertiary/aromatic N) is 5. The lowest BCUT2D eigenvalue weighted by atomic mass is 9.77. The molecule has 7 nitrogen and oxygen atoms in total. The number of aryl methyl sites for hydroxylation is 1. The van der Waals surface area contributed by atoms with Crippen molar-refractivity contribution in [3.8, 4) is 0 Å². The van der Waals surface area contributed by atoms with Gasteiger partial charge in [0.05, 0.1) is 5.69 Å². The van der Waals surface area contributed by atoms with Gasteiger partial charge in [0.15, 0.2) is 0 Å². The van der Waals surface area contributed by atoms with Gasteiger partial charge in [0.25, 0.3) is 11.1 Å². The summed E-state index contributed by atoms with van der Waals surface area (Å²) in [6, 6.07) is 7.58. The van der Waals surface area contributed by atoms with E-state index in [1.165, 1.54) is 21.5 Å².